The zero-order valence-electron chi connectivity index (χ0n) is 14.3. The number of nitrogens with zero attached hydrogens (tertiary/aromatic N) is 2. The minimum absolute atomic E-state index is 0.117. The molecule has 2 amide bonds. The summed E-state index contributed by atoms with van der Waals surface area (Å²) < 4.78 is 15.8. The molecule has 25 heavy (non-hydrogen) atoms. The third-order valence-corrected chi connectivity index (χ3v) is 5.04. The summed E-state index contributed by atoms with van der Waals surface area (Å²) in [6.45, 7) is 3.11. The SMILES string of the molecule is Cc1ccccc1NC(=O)N1CCc2c(c3cc(F)ccc3n2C)C1. The molecule has 1 aliphatic heterocycles. The molecule has 0 radical (unpaired) electrons. The number of anilines is 1. The first-order valence-electron chi connectivity index (χ1n) is 8.42. The van der Waals surface area contributed by atoms with Gasteiger partial charge in [0.1, 0.15) is 5.82 Å². The third kappa shape index (κ3) is 2.65. The number of rotatable bonds is 1. The summed E-state index contributed by atoms with van der Waals surface area (Å²) >= 11 is 0. The van der Waals surface area contributed by atoms with Crippen molar-refractivity contribution in [3.63, 3.8) is 0 Å². The summed E-state index contributed by atoms with van der Waals surface area (Å²) in [6.07, 6.45) is 0.767. The zero-order chi connectivity index (χ0) is 17.6. The van der Waals surface area contributed by atoms with Gasteiger partial charge < -0.3 is 14.8 Å². The number of nitrogens with one attached hydrogen (secondary N) is 1. The van der Waals surface area contributed by atoms with Gasteiger partial charge in [-0.05, 0) is 36.8 Å². The molecule has 2 aromatic carbocycles. The Morgan fingerprint density at radius 3 is 2.80 bits per heavy atom. The lowest BCUT2D eigenvalue weighted by atomic mass is 10.0. The molecular formula is C20H20FN3O. The van der Waals surface area contributed by atoms with Crippen molar-refractivity contribution in [3.8, 4) is 0 Å². The number of benzene rings is 2. The minimum atomic E-state index is -0.248. The Balaban J connectivity index is 1.63. The second kappa shape index (κ2) is 5.92. The Morgan fingerprint density at radius 2 is 2.00 bits per heavy atom. The summed E-state index contributed by atoms with van der Waals surface area (Å²) in [5.41, 5.74) is 5.08. The Morgan fingerprint density at radius 1 is 1.20 bits per heavy atom. The van der Waals surface area contributed by atoms with Crippen LogP contribution in [0.3, 0.4) is 0 Å². The maximum atomic E-state index is 13.7. The Labute approximate surface area is 145 Å². The van der Waals surface area contributed by atoms with Crippen LogP contribution in [0.5, 0.6) is 0 Å². The second-order valence-corrected chi connectivity index (χ2v) is 6.56. The van der Waals surface area contributed by atoms with Gasteiger partial charge in [-0.1, -0.05) is 18.2 Å². The van der Waals surface area contributed by atoms with E-state index in [0.717, 1.165) is 34.1 Å². The smallest absolute Gasteiger partial charge is 0.322 e. The highest BCUT2D eigenvalue weighted by molar-refractivity contribution is 5.91. The second-order valence-electron chi connectivity index (χ2n) is 6.56. The van der Waals surface area contributed by atoms with Gasteiger partial charge in [-0.15, -0.1) is 0 Å². The fourth-order valence-electron chi connectivity index (χ4n) is 3.63. The average Bonchev–Trinajstić information content (AvgIpc) is 2.88. The van der Waals surface area contributed by atoms with Gasteiger partial charge in [-0.3, -0.25) is 0 Å². The van der Waals surface area contributed by atoms with Crippen LogP contribution >= 0.6 is 0 Å². The monoisotopic (exact) mass is 337 g/mol. The van der Waals surface area contributed by atoms with Gasteiger partial charge in [0.05, 0.1) is 0 Å². The number of carbonyl (C=O) groups excluding carboxylic acids is 1. The largest absolute Gasteiger partial charge is 0.347 e. The van der Waals surface area contributed by atoms with Gasteiger partial charge in [0, 0.05) is 54.4 Å². The summed E-state index contributed by atoms with van der Waals surface area (Å²) in [4.78, 5) is 14.5. The molecule has 2 heterocycles. The van der Waals surface area contributed by atoms with Gasteiger partial charge >= 0.3 is 6.03 Å². The van der Waals surface area contributed by atoms with E-state index in [4.69, 9.17) is 0 Å². The topological polar surface area (TPSA) is 37.3 Å². The Kier molecular flexibility index (Phi) is 3.71. The molecule has 0 atom stereocenters. The molecule has 128 valence electrons. The molecule has 3 aromatic rings. The van der Waals surface area contributed by atoms with Crippen molar-refractivity contribution in [1.29, 1.82) is 0 Å². The molecule has 0 unspecified atom stereocenters. The molecule has 1 aromatic heterocycles. The first-order chi connectivity index (χ1) is 12.0. The van der Waals surface area contributed by atoms with Crippen molar-refractivity contribution in [2.45, 2.75) is 19.9 Å². The Hall–Kier alpha value is -2.82. The van der Waals surface area contributed by atoms with E-state index in [0.29, 0.717) is 13.1 Å². The van der Waals surface area contributed by atoms with E-state index in [9.17, 15) is 9.18 Å². The number of para-hydroxylation sites is 1. The maximum Gasteiger partial charge on any atom is 0.322 e. The van der Waals surface area contributed by atoms with E-state index in [-0.39, 0.29) is 11.8 Å². The fourth-order valence-corrected chi connectivity index (χ4v) is 3.63. The highest BCUT2D eigenvalue weighted by Gasteiger charge is 2.26. The molecule has 0 aliphatic carbocycles. The summed E-state index contributed by atoms with van der Waals surface area (Å²) in [5, 5.41) is 3.88. The number of carbonyl (C=O) groups is 1. The Bertz CT molecular complexity index is 976. The molecule has 4 rings (SSSR count). The quantitative estimate of drug-likeness (QED) is 0.709. The zero-order valence-corrected chi connectivity index (χ0v) is 14.3. The van der Waals surface area contributed by atoms with E-state index < -0.39 is 0 Å². The van der Waals surface area contributed by atoms with Crippen LogP contribution in [0.15, 0.2) is 42.5 Å². The number of hydrogen-bond acceptors (Lipinski definition) is 1. The van der Waals surface area contributed by atoms with E-state index in [1.807, 2.05) is 38.2 Å². The lowest BCUT2D eigenvalue weighted by molar-refractivity contribution is 0.206. The standard InChI is InChI=1S/C20H20FN3O/c1-13-5-3-4-6-17(13)22-20(25)24-10-9-19-16(12-24)15-11-14(21)7-8-18(15)23(19)2/h3-8,11H,9-10,12H2,1-2H3,(H,22,25). The number of hydrogen-bond donors (Lipinski definition) is 1. The van der Waals surface area contributed by atoms with Crippen molar-refractivity contribution in [2.24, 2.45) is 7.05 Å². The summed E-state index contributed by atoms with van der Waals surface area (Å²) in [6, 6.07) is 12.5. The normalized spacial score (nSPS) is 13.8. The van der Waals surface area contributed by atoms with E-state index >= 15 is 0 Å². The van der Waals surface area contributed by atoms with Gasteiger partial charge in [-0.25, -0.2) is 9.18 Å². The number of fused-ring (bicyclic) bond motifs is 3. The van der Waals surface area contributed by atoms with Crippen molar-refractivity contribution in [2.75, 3.05) is 11.9 Å². The van der Waals surface area contributed by atoms with Crippen LogP contribution in [0.4, 0.5) is 14.9 Å². The molecule has 0 saturated heterocycles. The van der Waals surface area contributed by atoms with Crippen LogP contribution in [0.1, 0.15) is 16.8 Å². The minimum Gasteiger partial charge on any atom is -0.347 e. The number of aryl methyl sites for hydroxylation is 2. The van der Waals surface area contributed by atoms with Gasteiger partial charge in [-0.2, -0.15) is 0 Å². The third-order valence-electron chi connectivity index (χ3n) is 5.04. The first kappa shape index (κ1) is 15.7. The highest BCUT2D eigenvalue weighted by Crippen LogP contribution is 2.31. The van der Waals surface area contributed by atoms with Crippen molar-refractivity contribution in [3.05, 3.63) is 65.1 Å². The molecule has 0 saturated carbocycles. The molecule has 0 spiro atoms. The molecule has 1 N–H and O–H groups in total. The number of aromatic nitrogens is 1. The van der Waals surface area contributed by atoms with Crippen LogP contribution in [-0.4, -0.2) is 22.0 Å². The summed E-state index contributed by atoms with van der Waals surface area (Å²) in [7, 11) is 2.00. The number of urea groups is 1. The van der Waals surface area contributed by atoms with E-state index in [1.54, 1.807) is 17.0 Å². The molecule has 1 aliphatic rings. The first-order valence-corrected chi connectivity index (χ1v) is 8.42. The van der Waals surface area contributed by atoms with Gasteiger partial charge in [0.15, 0.2) is 0 Å². The molecule has 5 heteroatoms. The lowest BCUT2D eigenvalue weighted by Gasteiger charge is -2.28. The van der Waals surface area contributed by atoms with E-state index in [2.05, 4.69) is 9.88 Å². The molecule has 0 fully saturated rings. The van der Waals surface area contributed by atoms with Gasteiger partial charge in [0.2, 0.25) is 0 Å². The lowest BCUT2D eigenvalue weighted by Crippen LogP contribution is -2.39. The summed E-state index contributed by atoms with van der Waals surface area (Å²) in [5.74, 6) is -0.248. The van der Waals surface area contributed by atoms with Crippen molar-refractivity contribution in [1.82, 2.24) is 9.47 Å². The van der Waals surface area contributed by atoms with Crippen molar-refractivity contribution >= 4 is 22.6 Å². The van der Waals surface area contributed by atoms with Crippen LogP contribution in [0.2, 0.25) is 0 Å². The molecule has 0 bridgehead atoms. The highest BCUT2D eigenvalue weighted by atomic mass is 19.1. The van der Waals surface area contributed by atoms with Crippen LogP contribution in [0, 0.1) is 12.7 Å². The van der Waals surface area contributed by atoms with Crippen LogP contribution in [0.25, 0.3) is 10.9 Å². The molecule has 4 nitrogen and oxygen atoms in total. The van der Waals surface area contributed by atoms with Crippen LogP contribution < -0.4 is 5.32 Å². The maximum absolute atomic E-state index is 13.7. The predicted octanol–water partition coefficient (Wildman–Crippen LogP) is 4.22. The van der Waals surface area contributed by atoms with E-state index in [1.165, 1.54) is 11.8 Å². The number of amides is 2. The number of halogens is 1. The average molecular weight is 337 g/mol. The predicted molar refractivity (Wildman–Crippen MR) is 97.2 cm³/mol. The van der Waals surface area contributed by atoms with Gasteiger partial charge in [0.25, 0.3) is 0 Å². The fraction of sp³-hybridized carbons (Fsp3) is 0.250. The molecular weight excluding hydrogens is 317 g/mol. The van der Waals surface area contributed by atoms with Crippen molar-refractivity contribution < 1.29 is 9.18 Å². The van der Waals surface area contributed by atoms with Crippen LogP contribution in [-0.2, 0) is 20.0 Å².